The number of nitrogens with zero attached hydrogens (tertiary/aromatic N) is 1. The SMILES string of the molecule is O=C(O)CCNS(=O)(=O)c1ccc(NC(=O)C2CCCN2S(=O)(=O)c2ccc(F)cc2)cc1. The third-order valence-corrected chi connectivity index (χ3v) is 8.39. The molecule has 0 spiro atoms. The van der Waals surface area contributed by atoms with Gasteiger partial charge in [-0.3, -0.25) is 9.59 Å². The summed E-state index contributed by atoms with van der Waals surface area (Å²) in [6.45, 7) is -0.132. The van der Waals surface area contributed by atoms with Crippen molar-refractivity contribution in [1.82, 2.24) is 9.03 Å². The maximum absolute atomic E-state index is 13.2. The van der Waals surface area contributed by atoms with Crippen LogP contribution in [0.25, 0.3) is 0 Å². The molecule has 3 rings (SSSR count). The number of carbonyl (C=O) groups is 2. The molecule has 1 fully saturated rings. The van der Waals surface area contributed by atoms with Crippen molar-refractivity contribution in [2.45, 2.75) is 35.1 Å². The average Bonchev–Trinajstić information content (AvgIpc) is 3.25. The molecule has 1 atom stereocenters. The summed E-state index contributed by atoms with van der Waals surface area (Å²) in [5.41, 5.74) is 0.260. The molecular formula is C20H22FN3O7S2. The van der Waals surface area contributed by atoms with Crippen LogP contribution in [0.5, 0.6) is 0 Å². The monoisotopic (exact) mass is 499 g/mol. The van der Waals surface area contributed by atoms with E-state index in [4.69, 9.17) is 5.11 Å². The van der Waals surface area contributed by atoms with E-state index in [1.54, 1.807) is 0 Å². The second-order valence-electron chi connectivity index (χ2n) is 7.28. The summed E-state index contributed by atoms with van der Waals surface area (Å²) < 4.78 is 66.6. The van der Waals surface area contributed by atoms with E-state index in [2.05, 4.69) is 10.0 Å². The zero-order chi connectivity index (χ0) is 24.2. The number of carbonyl (C=O) groups excluding carboxylic acids is 1. The third kappa shape index (κ3) is 5.93. The van der Waals surface area contributed by atoms with Gasteiger partial charge in [-0.25, -0.2) is 25.9 Å². The van der Waals surface area contributed by atoms with Crippen molar-refractivity contribution in [3.05, 3.63) is 54.3 Å². The predicted molar refractivity (Wildman–Crippen MR) is 116 cm³/mol. The number of rotatable bonds is 9. The van der Waals surface area contributed by atoms with Gasteiger partial charge in [0.05, 0.1) is 16.2 Å². The minimum atomic E-state index is -4.01. The number of aliphatic carboxylic acids is 1. The van der Waals surface area contributed by atoms with Crippen molar-refractivity contribution in [1.29, 1.82) is 0 Å². The van der Waals surface area contributed by atoms with Crippen LogP contribution in [0.1, 0.15) is 19.3 Å². The molecule has 1 aliphatic rings. The van der Waals surface area contributed by atoms with Gasteiger partial charge >= 0.3 is 5.97 Å². The Kier molecular flexibility index (Phi) is 7.47. The van der Waals surface area contributed by atoms with Crippen LogP contribution in [0.4, 0.5) is 10.1 Å². The molecule has 2 aromatic carbocycles. The van der Waals surface area contributed by atoms with Gasteiger partial charge in [0.1, 0.15) is 11.9 Å². The highest BCUT2D eigenvalue weighted by atomic mass is 32.2. The van der Waals surface area contributed by atoms with Crippen LogP contribution >= 0.6 is 0 Å². The molecule has 1 aliphatic heterocycles. The number of benzene rings is 2. The maximum atomic E-state index is 13.2. The number of amides is 1. The summed E-state index contributed by atoms with van der Waals surface area (Å²) >= 11 is 0. The Morgan fingerprint density at radius 3 is 2.21 bits per heavy atom. The van der Waals surface area contributed by atoms with Gasteiger partial charge in [0.25, 0.3) is 0 Å². The molecular weight excluding hydrogens is 477 g/mol. The lowest BCUT2D eigenvalue weighted by atomic mass is 10.2. The summed E-state index contributed by atoms with van der Waals surface area (Å²) in [6, 6.07) is 8.54. The Morgan fingerprint density at radius 2 is 1.61 bits per heavy atom. The molecule has 0 aliphatic carbocycles. The lowest BCUT2D eigenvalue weighted by Crippen LogP contribution is -2.43. The highest BCUT2D eigenvalue weighted by molar-refractivity contribution is 7.89. The molecule has 0 radical (unpaired) electrons. The van der Waals surface area contributed by atoms with E-state index in [-0.39, 0.29) is 35.0 Å². The minimum Gasteiger partial charge on any atom is -0.481 e. The highest BCUT2D eigenvalue weighted by Gasteiger charge is 2.39. The van der Waals surface area contributed by atoms with E-state index in [0.29, 0.717) is 12.8 Å². The number of carboxylic acids is 1. The molecule has 3 N–H and O–H groups in total. The molecule has 2 aromatic rings. The van der Waals surface area contributed by atoms with E-state index in [1.165, 1.54) is 24.3 Å². The number of nitrogens with one attached hydrogen (secondary N) is 2. The summed E-state index contributed by atoms with van der Waals surface area (Å²) in [5, 5.41) is 11.2. The van der Waals surface area contributed by atoms with Gasteiger partial charge in [0.2, 0.25) is 26.0 Å². The minimum absolute atomic E-state index is 0.117. The smallest absolute Gasteiger partial charge is 0.304 e. The van der Waals surface area contributed by atoms with Gasteiger partial charge in [-0.1, -0.05) is 0 Å². The molecule has 1 amide bonds. The fourth-order valence-corrected chi connectivity index (χ4v) is 6.04. The fraction of sp³-hybridized carbons (Fsp3) is 0.300. The van der Waals surface area contributed by atoms with Crippen molar-refractivity contribution in [2.24, 2.45) is 0 Å². The van der Waals surface area contributed by atoms with Gasteiger partial charge < -0.3 is 10.4 Å². The molecule has 10 nitrogen and oxygen atoms in total. The van der Waals surface area contributed by atoms with Gasteiger partial charge in [-0.05, 0) is 61.4 Å². The molecule has 0 aromatic heterocycles. The standard InChI is InChI=1S/C20H22FN3O7S2/c21-14-3-7-17(8-4-14)33(30,31)24-13-1-2-18(24)20(27)23-15-5-9-16(10-6-15)32(28,29)22-12-11-19(25)26/h3-10,18,22H,1-2,11-13H2,(H,23,27)(H,25,26). The van der Waals surface area contributed by atoms with E-state index in [9.17, 15) is 30.8 Å². The zero-order valence-electron chi connectivity index (χ0n) is 17.3. The molecule has 13 heteroatoms. The Labute approximate surface area is 190 Å². The van der Waals surface area contributed by atoms with Gasteiger partial charge in [0.15, 0.2) is 0 Å². The second-order valence-corrected chi connectivity index (χ2v) is 10.9. The molecule has 1 heterocycles. The summed E-state index contributed by atoms with van der Waals surface area (Å²) in [4.78, 5) is 23.1. The van der Waals surface area contributed by atoms with E-state index >= 15 is 0 Å². The highest BCUT2D eigenvalue weighted by Crippen LogP contribution is 2.27. The lowest BCUT2D eigenvalue weighted by molar-refractivity contribution is -0.136. The van der Waals surface area contributed by atoms with Crippen LogP contribution in [-0.2, 0) is 29.6 Å². The molecule has 0 bridgehead atoms. The molecule has 178 valence electrons. The molecule has 1 unspecified atom stereocenters. The maximum Gasteiger partial charge on any atom is 0.304 e. The number of anilines is 1. The Balaban J connectivity index is 1.69. The van der Waals surface area contributed by atoms with Crippen molar-refractivity contribution in [3.63, 3.8) is 0 Å². The van der Waals surface area contributed by atoms with Gasteiger partial charge in [-0.2, -0.15) is 4.31 Å². The topological polar surface area (TPSA) is 150 Å². The Bertz CT molecular complexity index is 1230. The largest absolute Gasteiger partial charge is 0.481 e. The first-order valence-corrected chi connectivity index (χ1v) is 12.8. The summed E-state index contributed by atoms with van der Waals surface area (Å²) in [6.07, 6.45) is 0.399. The van der Waals surface area contributed by atoms with Crippen LogP contribution in [0.15, 0.2) is 58.3 Å². The van der Waals surface area contributed by atoms with Crippen LogP contribution < -0.4 is 10.0 Å². The van der Waals surface area contributed by atoms with Gasteiger partial charge in [-0.15, -0.1) is 0 Å². The molecule has 33 heavy (non-hydrogen) atoms. The number of halogens is 1. The van der Waals surface area contributed by atoms with Crippen molar-refractivity contribution >= 4 is 37.6 Å². The lowest BCUT2D eigenvalue weighted by Gasteiger charge is -2.23. The van der Waals surface area contributed by atoms with Crippen molar-refractivity contribution in [3.8, 4) is 0 Å². The van der Waals surface area contributed by atoms with Gasteiger partial charge in [0, 0.05) is 18.8 Å². The number of hydrogen-bond acceptors (Lipinski definition) is 6. The van der Waals surface area contributed by atoms with E-state index in [1.807, 2.05) is 0 Å². The van der Waals surface area contributed by atoms with Crippen LogP contribution in [0.3, 0.4) is 0 Å². The van der Waals surface area contributed by atoms with Crippen LogP contribution in [0, 0.1) is 5.82 Å². The molecule has 1 saturated heterocycles. The zero-order valence-corrected chi connectivity index (χ0v) is 18.9. The van der Waals surface area contributed by atoms with E-state index in [0.717, 1.165) is 28.6 Å². The number of sulfonamides is 2. The Hall–Kier alpha value is -2.87. The third-order valence-electron chi connectivity index (χ3n) is 4.99. The summed E-state index contributed by atoms with van der Waals surface area (Å²) in [5.74, 6) is -2.29. The first-order chi connectivity index (χ1) is 15.5. The Morgan fingerprint density at radius 1 is 1.00 bits per heavy atom. The molecule has 0 saturated carbocycles. The quantitative estimate of drug-likeness (QED) is 0.472. The first kappa shape index (κ1) is 24.8. The number of carboxylic acid groups (broad SMARTS) is 1. The average molecular weight is 500 g/mol. The van der Waals surface area contributed by atoms with Crippen LogP contribution in [-0.4, -0.2) is 57.3 Å². The first-order valence-electron chi connectivity index (χ1n) is 9.90. The predicted octanol–water partition coefficient (Wildman–Crippen LogP) is 1.37. The summed E-state index contributed by atoms with van der Waals surface area (Å²) in [7, 11) is -7.93. The fourth-order valence-electron chi connectivity index (χ4n) is 3.35. The van der Waals surface area contributed by atoms with Crippen molar-refractivity contribution in [2.75, 3.05) is 18.4 Å². The van der Waals surface area contributed by atoms with E-state index < -0.39 is 43.8 Å². The van der Waals surface area contributed by atoms with Crippen molar-refractivity contribution < 1.29 is 35.9 Å². The normalized spacial score (nSPS) is 17.1. The van der Waals surface area contributed by atoms with Crippen LogP contribution in [0.2, 0.25) is 0 Å². The number of hydrogen-bond donors (Lipinski definition) is 3. The second kappa shape index (κ2) is 9.95.